The highest BCUT2D eigenvalue weighted by Gasteiger charge is 2.19. The van der Waals surface area contributed by atoms with Crippen LogP contribution in [0.15, 0.2) is 41.3 Å². The highest BCUT2D eigenvalue weighted by Crippen LogP contribution is 2.33. The number of carbonyl (C=O) groups is 2. The summed E-state index contributed by atoms with van der Waals surface area (Å²) in [5.74, 6) is -0.291. The average Bonchev–Trinajstić information content (AvgIpc) is 2.77. The van der Waals surface area contributed by atoms with E-state index >= 15 is 0 Å². The highest BCUT2D eigenvalue weighted by molar-refractivity contribution is 7.89. The molecule has 2 aromatic carbocycles. The maximum absolute atomic E-state index is 12.4. The van der Waals surface area contributed by atoms with Gasteiger partial charge in [0.05, 0.1) is 37.5 Å². The van der Waals surface area contributed by atoms with Crippen LogP contribution in [0.25, 0.3) is 0 Å². The van der Waals surface area contributed by atoms with Crippen LogP contribution in [0.2, 0.25) is 0 Å². The Hall–Kier alpha value is -3.11. The summed E-state index contributed by atoms with van der Waals surface area (Å²) < 4.78 is 40.9. The molecular formula is C20H24N2O7S. The van der Waals surface area contributed by atoms with Gasteiger partial charge in [-0.15, -0.1) is 0 Å². The van der Waals surface area contributed by atoms with Crippen LogP contribution >= 0.6 is 0 Å². The van der Waals surface area contributed by atoms with Crippen molar-refractivity contribution in [1.82, 2.24) is 4.72 Å². The second kappa shape index (κ2) is 10.1. The predicted molar refractivity (Wildman–Crippen MR) is 111 cm³/mol. The lowest BCUT2D eigenvalue weighted by Gasteiger charge is -2.14. The minimum atomic E-state index is -3.51. The van der Waals surface area contributed by atoms with Crippen LogP contribution in [0.3, 0.4) is 0 Å². The number of esters is 1. The van der Waals surface area contributed by atoms with Gasteiger partial charge in [-0.3, -0.25) is 4.79 Å². The minimum absolute atomic E-state index is 0.118. The fraction of sp³-hybridized carbons (Fsp3) is 0.300. The molecule has 10 heteroatoms. The molecule has 0 aliphatic rings. The molecule has 0 unspecified atom stereocenters. The molecule has 162 valence electrons. The third kappa shape index (κ3) is 5.49. The summed E-state index contributed by atoms with van der Waals surface area (Å²) >= 11 is 0. The summed E-state index contributed by atoms with van der Waals surface area (Å²) in [6.07, 6.45) is 0.500. The zero-order chi connectivity index (χ0) is 22.3. The highest BCUT2D eigenvalue weighted by atomic mass is 32.2. The number of sulfonamides is 1. The third-order valence-corrected chi connectivity index (χ3v) is 5.78. The molecule has 2 aromatic rings. The van der Waals surface area contributed by atoms with Gasteiger partial charge < -0.3 is 19.5 Å². The molecule has 0 heterocycles. The second-order valence-corrected chi connectivity index (χ2v) is 8.03. The smallest absolute Gasteiger partial charge is 0.340 e. The van der Waals surface area contributed by atoms with E-state index in [1.54, 1.807) is 12.1 Å². The molecule has 2 N–H and O–H groups in total. The van der Waals surface area contributed by atoms with E-state index in [-0.39, 0.29) is 28.5 Å². The van der Waals surface area contributed by atoms with Crippen molar-refractivity contribution in [3.05, 3.63) is 47.5 Å². The maximum atomic E-state index is 12.4. The van der Waals surface area contributed by atoms with Crippen molar-refractivity contribution >= 4 is 27.6 Å². The van der Waals surface area contributed by atoms with Gasteiger partial charge in [-0.1, -0.05) is 12.1 Å². The number of nitrogens with one attached hydrogen (secondary N) is 2. The van der Waals surface area contributed by atoms with Crippen molar-refractivity contribution in [2.75, 3.05) is 33.7 Å². The summed E-state index contributed by atoms with van der Waals surface area (Å²) in [7, 11) is 1.94. The van der Waals surface area contributed by atoms with E-state index in [4.69, 9.17) is 14.2 Å². The molecule has 0 fully saturated rings. The van der Waals surface area contributed by atoms with E-state index < -0.39 is 16.0 Å². The predicted octanol–water partition coefficient (Wildman–Crippen LogP) is 1.97. The molecule has 0 saturated heterocycles. The van der Waals surface area contributed by atoms with E-state index in [1.807, 2.05) is 0 Å². The number of hydrogen-bond donors (Lipinski definition) is 2. The Morgan fingerprint density at radius 1 is 0.967 bits per heavy atom. The first-order valence-corrected chi connectivity index (χ1v) is 10.4. The first-order chi connectivity index (χ1) is 14.2. The number of ether oxygens (including phenoxy) is 3. The fourth-order valence-electron chi connectivity index (χ4n) is 2.68. The van der Waals surface area contributed by atoms with Gasteiger partial charge in [-0.05, 0) is 31.2 Å². The van der Waals surface area contributed by atoms with Gasteiger partial charge in [-0.2, -0.15) is 0 Å². The van der Waals surface area contributed by atoms with Crippen LogP contribution < -0.4 is 19.5 Å². The Labute approximate surface area is 175 Å². The summed E-state index contributed by atoms with van der Waals surface area (Å²) in [6, 6.07) is 9.16. The zero-order valence-electron chi connectivity index (χ0n) is 17.1. The Bertz CT molecular complexity index is 1020. The van der Waals surface area contributed by atoms with E-state index in [1.165, 1.54) is 52.6 Å². The summed E-state index contributed by atoms with van der Waals surface area (Å²) in [4.78, 5) is 24.7. The normalized spacial score (nSPS) is 10.9. The lowest BCUT2D eigenvalue weighted by atomic mass is 10.1. The van der Waals surface area contributed by atoms with Crippen molar-refractivity contribution in [1.29, 1.82) is 0 Å². The van der Waals surface area contributed by atoms with Crippen molar-refractivity contribution in [3.8, 4) is 11.5 Å². The van der Waals surface area contributed by atoms with Crippen molar-refractivity contribution in [2.45, 2.75) is 17.7 Å². The van der Waals surface area contributed by atoms with Crippen LogP contribution in [0.4, 0.5) is 5.69 Å². The third-order valence-electron chi connectivity index (χ3n) is 4.35. The number of aryl methyl sites for hydroxylation is 1. The van der Waals surface area contributed by atoms with Crippen LogP contribution in [0.5, 0.6) is 11.5 Å². The van der Waals surface area contributed by atoms with Gasteiger partial charge in [0.1, 0.15) is 0 Å². The molecule has 1 amide bonds. The molecule has 0 aliphatic carbocycles. The Morgan fingerprint density at radius 2 is 1.57 bits per heavy atom. The van der Waals surface area contributed by atoms with Crippen LogP contribution in [0.1, 0.15) is 22.3 Å². The molecule has 2 rings (SSSR count). The standard InChI is InChI=1S/C20H24N2O7S/c1-21-30(25,26)14-8-5-13(6-9-14)7-10-19(23)22-16-12-18(28-3)17(27-2)11-15(16)20(24)29-4/h5-6,8-9,11-12,21H,7,10H2,1-4H3,(H,22,23). The van der Waals surface area contributed by atoms with Crippen LogP contribution in [-0.2, 0) is 26.0 Å². The van der Waals surface area contributed by atoms with E-state index in [0.29, 0.717) is 17.9 Å². The van der Waals surface area contributed by atoms with E-state index in [2.05, 4.69) is 10.0 Å². The number of carbonyl (C=O) groups excluding carboxylic acids is 2. The quantitative estimate of drug-likeness (QED) is 0.577. The zero-order valence-corrected chi connectivity index (χ0v) is 18.0. The Balaban J connectivity index is 2.13. The Morgan fingerprint density at radius 3 is 2.10 bits per heavy atom. The van der Waals surface area contributed by atoms with E-state index in [9.17, 15) is 18.0 Å². The molecular weight excluding hydrogens is 412 g/mol. The molecule has 0 spiro atoms. The summed E-state index contributed by atoms with van der Waals surface area (Å²) in [5, 5.41) is 2.69. The number of benzene rings is 2. The van der Waals surface area contributed by atoms with Gasteiger partial charge in [0, 0.05) is 18.6 Å². The summed E-state index contributed by atoms with van der Waals surface area (Å²) in [6.45, 7) is 0. The van der Waals surface area contributed by atoms with Gasteiger partial charge >= 0.3 is 5.97 Å². The number of anilines is 1. The molecule has 9 nitrogen and oxygen atoms in total. The SMILES string of the molecule is CNS(=O)(=O)c1ccc(CCC(=O)Nc2cc(OC)c(OC)cc2C(=O)OC)cc1. The first-order valence-electron chi connectivity index (χ1n) is 8.92. The molecule has 0 aromatic heterocycles. The van der Waals surface area contributed by atoms with Crippen molar-refractivity contribution in [2.24, 2.45) is 0 Å². The fourth-order valence-corrected chi connectivity index (χ4v) is 3.42. The lowest BCUT2D eigenvalue weighted by molar-refractivity contribution is -0.116. The van der Waals surface area contributed by atoms with Gasteiger partial charge in [-0.25, -0.2) is 17.9 Å². The molecule has 30 heavy (non-hydrogen) atoms. The average molecular weight is 436 g/mol. The van der Waals surface area contributed by atoms with Gasteiger partial charge in [0.2, 0.25) is 15.9 Å². The number of hydrogen-bond acceptors (Lipinski definition) is 7. The topological polar surface area (TPSA) is 120 Å². The van der Waals surface area contributed by atoms with Crippen LogP contribution in [-0.4, -0.2) is 48.7 Å². The Kier molecular flexibility index (Phi) is 7.79. The van der Waals surface area contributed by atoms with Crippen molar-refractivity contribution < 1.29 is 32.2 Å². The van der Waals surface area contributed by atoms with Crippen LogP contribution in [0, 0.1) is 0 Å². The maximum Gasteiger partial charge on any atom is 0.340 e. The van der Waals surface area contributed by atoms with E-state index in [0.717, 1.165) is 5.56 Å². The van der Waals surface area contributed by atoms with Crippen molar-refractivity contribution in [3.63, 3.8) is 0 Å². The number of methoxy groups -OCH3 is 3. The molecule has 0 saturated carbocycles. The summed E-state index contributed by atoms with van der Waals surface area (Å²) in [5.41, 5.74) is 1.16. The number of amides is 1. The molecule has 0 bridgehead atoms. The number of rotatable bonds is 9. The first kappa shape index (κ1) is 23.2. The van der Waals surface area contributed by atoms with Gasteiger partial charge in [0.15, 0.2) is 11.5 Å². The minimum Gasteiger partial charge on any atom is -0.493 e. The lowest BCUT2D eigenvalue weighted by Crippen LogP contribution is -2.18. The largest absolute Gasteiger partial charge is 0.493 e. The second-order valence-electron chi connectivity index (χ2n) is 6.14. The molecule has 0 aliphatic heterocycles. The molecule has 0 atom stereocenters. The molecule has 0 radical (unpaired) electrons. The van der Waals surface area contributed by atoms with Gasteiger partial charge in [0.25, 0.3) is 0 Å². The monoisotopic (exact) mass is 436 g/mol.